The van der Waals surface area contributed by atoms with Crippen molar-refractivity contribution in [3.05, 3.63) is 35.6 Å². The van der Waals surface area contributed by atoms with E-state index in [9.17, 15) is 9.18 Å². The largest absolute Gasteiger partial charge is 0.335 e. The monoisotopic (exact) mass is 264 g/mol. The predicted octanol–water partition coefficient (Wildman–Crippen LogP) is 2.45. The molecule has 0 aliphatic heterocycles. The fraction of sp³-hybridized carbons (Fsp3) is 0.533. The van der Waals surface area contributed by atoms with Crippen LogP contribution in [0, 0.1) is 5.82 Å². The van der Waals surface area contributed by atoms with E-state index < -0.39 is 0 Å². The molecule has 104 valence electrons. The van der Waals surface area contributed by atoms with Gasteiger partial charge in [-0.05, 0) is 49.9 Å². The van der Waals surface area contributed by atoms with Crippen molar-refractivity contribution in [3.8, 4) is 0 Å². The lowest BCUT2D eigenvalue weighted by Gasteiger charge is -2.22. The number of hydrogen-bond donors (Lipinski definition) is 1. The zero-order chi connectivity index (χ0) is 13.7. The molecule has 0 heterocycles. The van der Waals surface area contributed by atoms with Crippen molar-refractivity contribution >= 4 is 5.91 Å². The van der Waals surface area contributed by atoms with E-state index in [2.05, 4.69) is 0 Å². The highest BCUT2D eigenvalue weighted by atomic mass is 19.1. The molecular weight excluding hydrogens is 243 g/mol. The van der Waals surface area contributed by atoms with Gasteiger partial charge in [0.2, 0.25) is 5.91 Å². The Hall–Kier alpha value is -1.42. The van der Waals surface area contributed by atoms with Gasteiger partial charge in [0, 0.05) is 19.0 Å². The maximum absolute atomic E-state index is 12.9. The molecule has 4 heteroatoms. The second-order valence-corrected chi connectivity index (χ2v) is 5.13. The number of carbonyl (C=O) groups excluding carboxylic acids is 1. The Morgan fingerprint density at radius 3 is 2.53 bits per heavy atom. The van der Waals surface area contributed by atoms with Crippen molar-refractivity contribution in [2.75, 3.05) is 6.54 Å². The number of rotatable bonds is 7. The molecule has 0 radical (unpaired) electrons. The van der Waals surface area contributed by atoms with Crippen LogP contribution < -0.4 is 5.73 Å². The Kier molecular flexibility index (Phi) is 4.91. The Labute approximate surface area is 113 Å². The number of hydrogen-bond acceptors (Lipinski definition) is 2. The number of carbonyl (C=O) groups is 1. The standard InChI is InChI=1S/C15H21FN2O/c16-13-6-4-12(5-7-13)11-18(14-8-9-14)15(19)3-1-2-10-17/h4-7,14H,1-3,8-11,17H2. The van der Waals surface area contributed by atoms with Gasteiger partial charge in [-0.15, -0.1) is 0 Å². The van der Waals surface area contributed by atoms with E-state index in [1.807, 2.05) is 4.90 Å². The fourth-order valence-electron chi connectivity index (χ4n) is 2.16. The molecule has 0 bridgehead atoms. The number of amides is 1. The van der Waals surface area contributed by atoms with Crippen molar-refractivity contribution in [2.45, 2.75) is 44.7 Å². The van der Waals surface area contributed by atoms with E-state index >= 15 is 0 Å². The molecule has 1 aliphatic rings. The van der Waals surface area contributed by atoms with Crippen LogP contribution in [0.3, 0.4) is 0 Å². The van der Waals surface area contributed by atoms with Gasteiger partial charge in [0.05, 0.1) is 0 Å². The zero-order valence-electron chi connectivity index (χ0n) is 11.1. The average Bonchev–Trinajstić information content (AvgIpc) is 3.22. The molecule has 0 unspecified atom stereocenters. The van der Waals surface area contributed by atoms with Gasteiger partial charge in [-0.3, -0.25) is 4.79 Å². The molecule has 0 saturated heterocycles. The fourth-order valence-corrected chi connectivity index (χ4v) is 2.16. The Balaban J connectivity index is 1.92. The number of benzene rings is 1. The summed E-state index contributed by atoms with van der Waals surface area (Å²) in [6.07, 6.45) is 4.48. The van der Waals surface area contributed by atoms with E-state index in [1.54, 1.807) is 12.1 Å². The molecule has 1 fully saturated rings. The van der Waals surface area contributed by atoms with Crippen LogP contribution >= 0.6 is 0 Å². The minimum Gasteiger partial charge on any atom is -0.335 e. The molecule has 1 aromatic carbocycles. The van der Waals surface area contributed by atoms with Crippen LogP contribution in [0.25, 0.3) is 0 Å². The maximum Gasteiger partial charge on any atom is 0.223 e. The first-order valence-corrected chi connectivity index (χ1v) is 6.94. The summed E-state index contributed by atoms with van der Waals surface area (Å²) in [7, 11) is 0. The van der Waals surface area contributed by atoms with Gasteiger partial charge in [-0.25, -0.2) is 4.39 Å². The van der Waals surface area contributed by atoms with Gasteiger partial charge < -0.3 is 10.6 Å². The van der Waals surface area contributed by atoms with Crippen LogP contribution in [0.2, 0.25) is 0 Å². The molecule has 19 heavy (non-hydrogen) atoms. The highest BCUT2D eigenvalue weighted by molar-refractivity contribution is 5.76. The van der Waals surface area contributed by atoms with Crippen molar-refractivity contribution < 1.29 is 9.18 Å². The molecule has 3 nitrogen and oxygen atoms in total. The SMILES string of the molecule is NCCCCC(=O)N(Cc1ccc(F)cc1)C1CC1. The lowest BCUT2D eigenvalue weighted by Crippen LogP contribution is -2.32. The van der Waals surface area contributed by atoms with E-state index in [1.165, 1.54) is 12.1 Å². The molecule has 2 N–H and O–H groups in total. The van der Waals surface area contributed by atoms with Crippen LogP contribution in [0.5, 0.6) is 0 Å². The van der Waals surface area contributed by atoms with Crippen LogP contribution in [0.4, 0.5) is 4.39 Å². The highest BCUT2D eigenvalue weighted by Gasteiger charge is 2.31. The second kappa shape index (κ2) is 6.66. The maximum atomic E-state index is 12.9. The van der Waals surface area contributed by atoms with Gasteiger partial charge in [0.25, 0.3) is 0 Å². The minimum atomic E-state index is -0.240. The summed E-state index contributed by atoms with van der Waals surface area (Å²) in [6, 6.07) is 6.77. The second-order valence-electron chi connectivity index (χ2n) is 5.13. The van der Waals surface area contributed by atoms with Crippen molar-refractivity contribution in [3.63, 3.8) is 0 Å². The Morgan fingerprint density at radius 1 is 1.26 bits per heavy atom. The van der Waals surface area contributed by atoms with Crippen LogP contribution in [0.15, 0.2) is 24.3 Å². The summed E-state index contributed by atoms with van der Waals surface area (Å²) in [4.78, 5) is 14.1. The first kappa shape index (κ1) is 14.0. The molecule has 1 saturated carbocycles. The van der Waals surface area contributed by atoms with Crippen molar-refractivity contribution in [2.24, 2.45) is 5.73 Å². The summed E-state index contributed by atoms with van der Waals surface area (Å²) >= 11 is 0. The molecule has 2 rings (SSSR count). The van der Waals surface area contributed by atoms with Crippen molar-refractivity contribution in [1.29, 1.82) is 0 Å². The number of unbranched alkanes of at least 4 members (excludes halogenated alkanes) is 1. The molecule has 0 aromatic heterocycles. The molecule has 1 amide bonds. The lowest BCUT2D eigenvalue weighted by molar-refractivity contribution is -0.132. The van der Waals surface area contributed by atoms with Gasteiger partial charge in [0.15, 0.2) is 0 Å². The molecule has 0 atom stereocenters. The third kappa shape index (κ3) is 4.31. The number of nitrogens with zero attached hydrogens (tertiary/aromatic N) is 1. The van der Waals surface area contributed by atoms with Crippen molar-refractivity contribution in [1.82, 2.24) is 4.90 Å². The number of nitrogens with two attached hydrogens (primary N) is 1. The Bertz CT molecular complexity index is 415. The number of halogens is 1. The zero-order valence-corrected chi connectivity index (χ0v) is 11.1. The third-order valence-corrected chi connectivity index (χ3v) is 3.42. The topological polar surface area (TPSA) is 46.3 Å². The van der Waals surface area contributed by atoms with Gasteiger partial charge in [-0.2, -0.15) is 0 Å². The summed E-state index contributed by atoms with van der Waals surface area (Å²) in [6.45, 7) is 1.22. The molecule has 1 aliphatic carbocycles. The average molecular weight is 264 g/mol. The molecule has 0 spiro atoms. The normalized spacial score (nSPS) is 14.4. The van der Waals surface area contributed by atoms with Crippen LogP contribution in [-0.4, -0.2) is 23.4 Å². The highest BCUT2D eigenvalue weighted by Crippen LogP contribution is 2.29. The van der Waals surface area contributed by atoms with E-state index in [-0.39, 0.29) is 11.7 Å². The lowest BCUT2D eigenvalue weighted by atomic mass is 10.1. The van der Waals surface area contributed by atoms with Gasteiger partial charge in [0.1, 0.15) is 5.82 Å². The summed E-state index contributed by atoms with van der Waals surface area (Å²) in [5, 5.41) is 0. The Morgan fingerprint density at radius 2 is 1.95 bits per heavy atom. The van der Waals surface area contributed by atoms with Crippen LogP contribution in [0.1, 0.15) is 37.7 Å². The van der Waals surface area contributed by atoms with Crippen LogP contribution in [-0.2, 0) is 11.3 Å². The van der Waals surface area contributed by atoms with E-state index in [4.69, 9.17) is 5.73 Å². The predicted molar refractivity (Wildman–Crippen MR) is 72.9 cm³/mol. The van der Waals surface area contributed by atoms with Gasteiger partial charge in [-0.1, -0.05) is 12.1 Å². The van der Waals surface area contributed by atoms with E-state index in [0.717, 1.165) is 31.2 Å². The molecule has 1 aromatic rings. The first-order chi connectivity index (χ1) is 9.20. The quantitative estimate of drug-likeness (QED) is 0.769. The smallest absolute Gasteiger partial charge is 0.223 e. The third-order valence-electron chi connectivity index (χ3n) is 3.42. The first-order valence-electron chi connectivity index (χ1n) is 6.94. The van der Waals surface area contributed by atoms with E-state index in [0.29, 0.717) is 25.6 Å². The summed E-state index contributed by atoms with van der Waals surface area (Å²) in [5.74, 6) is -0.0451. The summed E-state index contributed by atoms with van der Waals surface area (Å²) < 4.78 is 12.9. The van der Waals surface area contributed by atoms with Gasteiger partial charge >= 0.3 is 0 Å². The minimum absolute atomic E-state index is 0.195. The summed E-state index contributed by atoms with van der Waals surface area (Å²) in [5.41, 5.74) is 6.43. The molecular formula is C15H21FN2O.